The first-order valence-electron chi connectivity index (χ1n) is 10.6. The second kappa shape index (κ2) is 8.88. The van der Waals surface area contributed by atoms with Gasteiger partial charge in [-0.1, -0.05) is 30.3 Å². The Hall–Kier alpha value is -2.22. The Bertz CT molecular complexity index is 1000. The van der Waals surface area contributed by atoms with E-state index in [9.17, 15) is 13.2 Å². The summed E-state index contributed by atoms with van der Waals surface area (Å²) < 4.78 is 28.8. The molecule has 4 rings (SSSR count). The van der Waals surface area contributed by atoms with Crippen LogP contribution < -0.4 is 9.62 Å². The van der Waals surface area contributed by atoms with Crippen LogP contribution >= 0.6 is 0 Å². The van der Waals surface area contributed by atoms with E-state index in [-0.39, 0.29) is 11.9 Å². The Morgan fingerprint density at radius 3 is 2.50 bits per heavy atom. The molecular formula is C23H29N3O3S. The average molecular weight is 428 g/mol. The summed E-state index contributed by atoms with van der Waals surface area (Å²) in [7, 11) is -3.58. The molecule has 0 aromatic heterocycles. The lowest BCUT2D eigenvalue weighted by molar-refractivity contribution is -0.116. The van der Waals surface area contributed by atoms with Crippen molar-refractivity contribution in [2.24, 2.45) is 0 Å². The molecule has 2 aromatic carbocycles. The molecule has 2 heterocycles. The zero-order valence-electron chi connectivity index (χ0n) is 17.4. The standard InChI is InChI=1S/C23H29N3O3S/c1-18(27)26-13-5-8-20-16-22(9-10-23(20)26)30(28,29)24-21-11-14-25(15-12-21)17-19-6-3-2-4-7-19/h2-4,6-7,9-10,16,21,24H,5,8,11-15,17H2,1H3. The molecule has 0 radical (unpaired) electrons. The molecule has 0 unspecified atom stereocenters. The molecule has 1 fully saturated rings. The lowest BCUT2D eigenvalue weighted by Crippen LogP contribution is -2.44. The number of anilines is 1. The first-order valence-corrected chi connectivity index (χ1v) is 12.1. The van der Waals surface area contributed by atoms with E-state index in [1.807, 2.05) is 18.2 Å². The number of hydrogen-bond acceptors (Lipinski definition) is 4. The molecule has 0 aliphatic carbocycles. The summed E-state index contributed by atoms with van der Waals surface area (Å²) in [6, 6.07) is 15.4. The van der Waals surface area contributed by atoms with Gasteiger partial charge in [-0.3, -0.25) is 9.69 Å². The van der Waals surface area contributed by atoms with E-state index in [0.717, 1.165) is 56.6 Å². The minimum Gasteiger partial charge on any atom is -0.312 e. The summed E-state index contributed by atoms with van der Waals surface area (Å²) in [4.78, 5) is 16.2. The van der Waals surface area contributed by atoms with E-state index >= 15 is 0 Å². The number of benzene rings is 2. The van der Waals surface area contributed by atoms with Crippen LogP contribution in [0.5, 0.6) is 0 Å². The second-order valence-electron chi connectivity index (χ2n) is 8.22. The largest absolute Gasteiger partial charge is 0.312 e. The molecule has 2 aromatic rings. The lowest BCUT2D eigenvalue weighted by Gasteiger charge is -2.32. The molecule has 160 valence electrons. The van der Waals surface area contributed by atoms with Crippen LogP contribution in [-0.2, 0) is 27.8 Å². The van der Waals surface area contributed by atoms with Crippen molar-refractivity contribution in [2.45, 2.75) is 50.1 Å². The third-order valence-corrected chi connectivity index (χ3v) is 7.54. The van der Waals surface area contributed by atoms with Gasteiger partial charge in [-0.15, -0.1) is 0 Å². The minimum absolute atomic E-state index is 0.00746. The zero-order valence-corrected chi connectivity index (χ0v) is 18.2. The summed E-state index contributed by atoms with van der Waals surface area (Å²) >= 11 is 0. The van der Waals surface area contributed by atoms with Gasteiger partial charge in [-0.25, -0.2) is 13.1 Å². The van der Waals surface area contributed by atoms with Crippen molar-refractivity contribution in [1.82, 2.24) is 9.62 Å². The Morgan fingerprint density at radius 2 is 1.80 bits per heavy atom. The Labute approximate surface area is 178 Å². The third-order valence-electron chi connectivity index (χ3n) is 6.02. The normalized spacial score (nSPS) is 18.2. The van der Waals surface area contributed by atoms with Crippen molar-refractivity contribution in [3.05, 3.63) is 59.7 Å². The lowest BCUT2D eigenvalue weighted by atomic mass is 10.0. The van der Waals surface area contributed by atoms with Crippen molar-refractivity contribution in [2.75, 3.05) is 24.5 Å². The third kappa shape index (κ3) is 4.74. The summed E-state index contributed by atoms with van der Waals surface area (Å²) in [5, 5.41) is 0. The SMILES string of the molecule is CC(=O)N1CCCc2cc(S(=O)(=O)NC3CCN(Cc4ccccc4)CC3)ccc21. The summed E-state index contributed by atoms with van der Waals surface area (Å²) in [6.45, 7) is 4.89. The smallest absolute Gasteiger partial charge is 0.240 e. The first kappa shape index (κ1) is 21.0. The molecule has 0 atom stereocenters. The van der Waals surface area contributed by atoms with Gasteiger partial charge in [-0.05, 0) is 55.0 Å². The van der Waals surface area contributed by atoms with Crippen molar-refractivity contribution in [3.63, 3.8) is 0 Å². The molecule has 1 amide bonds. The zero-order chi connectivity index (χ0) is 21.1. The highest BCUT2D eigenvalue weighted by molar-refractivity contribution is 7.89. The van der Waals surface area contributed by atoms with Crippen LogP contribution in [0.4, 0.5) is 5.69 Å². The molecule has 7 heteroatoms. The number of fused-ring (bicyclic) bond motifs is 1. The molecule has 1 saturated heterocycles. The monoisotopic (exact) mass is 427 g/mol. The van der Waals surface area contributed by atoms with Gasteiger partial charge in [0.05, 0.1) is 4.90 Å². The van der Waals surface area contributed by atoms with E-state index in [1.54, 1.807) is 30.0 Å². The number of carbonyl (C=O) groups is 1. The second-order valence-corrected chi connectivity index (χ2v) is 9.94. The van der Waals surface area contributed by atoms with Gasteiger partial charge in [0.15, 0.2) is 0 Å². The predicted octanol–water partition coefficient (Wildman–Crippen LogP) is 2.93. The number of hydrogen-bond donors (Lipinski definition) is 1. The van der Waals surface area contributed by atoms with Crippen LogP contribution in [0.2, 0.25) is 0 Å². The first-order chi connectivity index (χ1) is 14.4. The van der Waals surface area contributed by atoms with E-state index in [4.69, 9.17) is 0 Å². The van der Waals surface area contributed by atoms with Gasteiger partial charge >= 0.3 is 0 Å². The molecule has 0 bridgehead atoms. The Kier molecular flexibility index (Phi) is 6.22. The summed E-state index contributed by atoms with van der Waals surface area (Å²) in [5.74, 6) is -0.00746. The number of nitrogens with one attached hydrogen (secondary N) is 1. The quantitative estimate of drug-likeness (QED) is 0.797. The van der Waals surface area contributed by atoms with Crippen LogP contribution in [0, 0.1) is 0 Å². The van der Waals surface area contributed by atoms with E-state index in [1.165, 1.54) is 5.56 Å². The topological polar surface area (TPSA) is 69.7 Å². The van der Waals surface area contributed by atoms with Gasteiger partial charge in [0.1, 0.15) is 0 Å². The molecule has 1 N–H and O–H groups in total. The highest BCUT2D eigenvalue weighted by Gasteiger charge is 2.27. The molecule has 2 aliphatic rings. The number of likely N-dealkylation sites (tertiary alicyclic amines) is 1. The summed E-state index contributed by atoms with van der Waals surface area (Å²) in [5.41, 5.74) is 3.05. The Morgan fingerprint density at radius 1 is 1.07 bits per heavy atom. The number of aryl methyl sites for hydroxylation is 1. The highest BCUT2D eigenvalue weighted by atomic mass is 32.2. The predicted molar refractivity (Wildman–Crippen MR) is 118 cm³/mol. The number of rotatable bonds is 5. The maximum Gasteiger partial charge on any atom is 0.240 e. The van der Waals surface area contributed by atoms with Crippen LogP contribution in [-0.4, -0.2) is 44.9 Å². The van der Waals surface area contributed by atoms with Crippen LogP contribution in [0.1, 0.15) is 37.3 Å². The van der Waals surface area contributed by atoms with Gasteiger partial charge in [0.25, 0.3) is 0 Å². The molecule has 6 nitrogen and oxygen atoms in total. The van der Waals surface area contributed by atoms with Crippen LogP contribution in [0.15, 0.2) is 53.4 Å². The number of piperidine rings is 1. The number of nitrogens with zero attached hydrogens (tertiary/aromatic N) is 2. The molecule has 30 heavy (non-hydrogen) atoms. The van der Waals surface area contributed by atoms with Crippen molar-refractivity contribution in [1.29, 1.82) is 0 Å². The minimum atomic E-state index is -3.58. The van der Waals surface area contributed by atoms with E-state index < -0.39 is 10.0 Å². The van der Waals surface area contributed by atoms with Crippen molar-refractivity contribution >= 4 is 21.6 Å². The number of amides is 1. The molecule has 0 spiro atoms. The maximum absolute atomic E-state index is 13.0. The molecular weight excluding hydrogens is 398 g/mol. The highest BCUT2D eigenvalue weighted by Crippen LogP contribution is 2.29. The molecule has 2 aliphatic heterocycles. The number of sulfonamides is 1. The fourth-order valence-electron chi connectivity index (χ4n) is 4.41. The fourth-order valence-corrected chi connectivity index (χ4v) is 5.76. The number of carbonyl (C=O) groups excluding carboxylic acids is 1. The van der Waals surface area contributed by atoms with Crippen molar-refractivity contribution < 1.29 is 13.2 Å². The van der Waals surface area contributed by atoms with Crippen molar-refractivity contribution in [3.8, 4) is 0 Å². The van der Waals surface area contributed by atoms with Gasteiger partial charge in [0.2, 0.25) is 15.9 Å². The van der Waals surface area contributed by atoms with Gasteiger partial charge in [0, 0.05) is 44.8 Å². The van der Waals surface area contributed by atoms with E-state index in [0.29, 0.717) is 11.4 Å². The van der Waals surface area contributed by atoms with Crippen LogP contribution in [0.25, 0.3) is 0 Å². The fraction of sp³-hybridized carbons (Fsp3) is 0.435. The van der Waals surface area contributed by atoms with Crippen LogP contribution in [0.3, 0.4) is 0 Å². The Balaban J connectivity index is 1.39. The molecule has 0 saturated carbocycles. The van der Waals surface area contributed by atoms with Gasteiger partial charge in [-0.2, -0.15) is 0 Å². The van der Waals surface area contributed by atoms with E-state index in [2.05, 4.69) is 21.8 Å². The summed E-state index contributed by atoms with van der Waals surface area (Å²) in [6.07, 6.45) is 3.24. The maximum atomic E-state index is 13.0. The van der Waals surface area contributed by atoms with Gasteiger partial charge < -0.3 is 4.90 Å². The average Bonchev–Trinajstić information content (AvgIpc) is 2.75.